The van der Waals surface area contributed by atoms with E-state index >= 15 is 0 Å². The molecule has 0 spiro atoms. The molecule has 1 heterocycles. The van der Waals surface area contributed by atoms with E-state index in [1.54, 1.807) is 0 Å². The van der Waals surface area contributed by atoms with E-state index in [0.717, 1.165) is 0 Å². The predicted molar refractivity (Wildman–Crippen MR) is 81.7 cm³/mol. The SMILES string of the molecule is O=C(O)c1cccnc1-c1c(Cl)c(Cl)c(Cl)c(Cl)c1Cl. The van der Waals surface area contributed by atoms with E-state index < -0.39 is 5.97 Å². The Labute approximate surface area is 139 Å². The Hall–Kier alpha value is -0.710. The van der Waals surface area contributed by atoms with Crippen LogP contribution in [0.5, 0.6) is 0 Å². The number of pyridine rings is 1. The smallest absolute Gasteiger partial charge is 0.337 e. The van der Waals surface area contributed by atoms with E-state index in [0.29, 0.717) is 0 Å². The molecular formula is C12H4Cl5NO2. The topological polar surface area (TPSA) is 50.2 Å². The van der Waals surface area contributed by atoms with Gasteiger partial charge in [0.2, 0.25) is 0 Å². The van der Waals surface area contributed by atoms with Crippen LogP contribution in [0.25, 0.3) is 11.3 Å². The third-order valence-corrected chi connectivity index (χ3v) is 4.76. The van der Waals surface area contributed by atoms with Crippen molar-refractivity contribution in [2.24, 2.45) is 0 Å². The summed E-state index contributed by atoms with van der Waals surface area (Å²) in [6.45, 7) is 0. The summed E-state index contributed by atoms with van der Waals surface area (Å²) in [7, 11) is 0. The Balaban J connectivity index is 2.88. The Bertz CT molecular complexity index is 688. The van der Waals surface area contributed by atoms with Gasteiger partial charge in [-0.15, -0.1) is 0 Å². The first-order chi connectivity index (χ1) is 9.36. The van der Waals surface area contributed by atoms with E-state index in [1.807, 2.05) is 0 Å². The van der Waals surface area contributed by atoms with E-state index in [2.05, 4.69) is 4.98 Å². The Kier molecular flexibility index (Phi) is 4.67. The molecule has 1 N–H and O–H groups in total. The highest BCUT2D eigenvalue weighted by Gasteiger charge is 2.24. The molecule has 8 heteroatoms. The van der Waals surface area contributed by atoms with Crippen LogP contribution in [0.4, 0.5) is 0 Å². The highest BCUT2D eigenvalue weighted by Crippen LogP contribution is 2.48. The van der Waals surface area contributed by atoms with Crippen LogP contribution in [0.1, 0.15) is 10.4 Å². The molecule has 0 saturated carbocycles. The van der Waals surface area contributed by atoms with Gasteiger partial charge in [0.15, 0.2) is 0 Å². The second-order valence-corrected chi connectivity index (χ2v) is 5.54. The van der Waals surface area contributed by atoms with Crippen molar-refractivity contribution in [1.82, 2.24) is 4.98 Å². The molecule has 0 saturated heterocycles. The summed E-state index contributed by atoms with van der Waals surface area (Å²) in [5.74, 6) is -1.18. The number of hydrogen-bond donors (Lipinski definition) is 1. The largest absolute Gasteiger partial charge is 0.478 e. The zero-order chi connectivity index (χ0) is 15.0. The number of carboxylic acid groups (broad SMARTS) is 1. The van der Waals surface area contributed by atoms with Crippen LogP contribution in [0.15, 0.2) is 18.3 Å². The number of rotatable bonds is 2. The molecule has 0 aliphatic heterocycles. The zero-order valence-electron chi connectivity index (χ0n) is 9.42. The molecule has 0 unspecified atom stereocenters. The summed E-state index contributed by atoms with van der Waals surface area (Å²) in [5.41, 5.74) is 0.118. The third-order valence-electron chi connectivity index (χ3n) is 2.48. The number of aromatic carboxylic acids is 1. The highest BCUT2D eigenvalue weighted by atomic mass is 35.5. The average molecular weight is 371 g/mol. The lowest BCUT2D eigenvalue weighted by Crippen LogP contribution is -2.02. The van der Waals surface area contributed by atoms with E-state index in [4.69, 9.17) is 58.0 Å². The Morgan fingerprint density at radius 3 is 1.95 bits per heavy atom. The molecule has 20 heavy (non-hydrogen) atoms. The molecular weight excluding hydrogens is 367 g/mol. The lowest BCUT2D eigenvalue weighted by molar-refractivity contribution is 0.0697. The van der Waals surface area contributed by atoms with Crippen LogP contribution in [0, 0.1) is 0 Å². The fourth-order valence-corrected chi connectivity index (χ4v) is 2.91. The molecule has 104 valence electrons. The maximum absolute atomic E-state index is 11.2. The fraction of sp³-hybridized carbons (Fsp3) is 0. The first-order valence-electron chi connectivity index (χ1n) is 5.06. The van der Waals surface area contributed by atoms with Gasteiger partial charge in [-0.05, 0) is 12.1 Å². The molecule has 0 radical (unpaired) electrons. The minimum atomic E-state index is -1.18. The van der Waals surface area contributed by atoms with Gasteiger partial charge in [-0.1, -0.05) is 58.0 Å². The summed E-state index contributed by atoms with van der Waals surface area (Å²) in [5, 5.41) is 9.14. The molecule has 0 aliphatic rings. The van der Waals surface area contributed by atoms with E-state index in [-0.39, 0.29) is 41.9 Å². The first kappa shape index (κ1) is 15.7. The van der Waals surface area contributed by atoms with Crippen LogP contribution < -0.4 is 0 Å². The fourth-order valence-electron chi connectivity index (χ4n) is 1.59. The van der Waals surface area contributed by atoms with Crippen molar-refractivity contribution in [3.05, 3.63) is 49.0 Å². The molecule has 2 aromatic rings. The van der Waals surface area contributed by atoms with Gasteiger partial charge < -0.3 is 5.11 Å². The molecule has 0 aliphatic carbocycles. The van der Waals surface area contributed by atoms with E-state index in [1.165, 1.54) is 18.3 Å². The number of hydrogen-bond acceptors (Lipinski definition) is 2. The van der Waals surface area contributed by atoms with Crippen molar-refractivity contribution >= 4 is 64.0 Å². The summed E-state index contributed by atoms with van der Waals surface area (Å²) >= 11 is 30.0. The number of halogens is 5. The average Bonchev–Trinajstić information content (AvgIpc) is 2.43. The van der Waals surface area contributed by atoms with Crippen LogP contribution >= 0.6 is 58.0 Å². The summed E-state index contributed by atoms with van der Waals surface area (Å²) < 4.78 is 0. The van der Waals surface area contributed by atoms with Crippen molar-refractivity contribution in [2.45, 2.75) is 0 Å². The highest BCUT2D eigenvalue weighted by molar-refractivity contribution is 6.56. The Morgan fingerprint density at radius 2 is 1.45 bits per heavy atom. The Morgan fingerprint density at radius 1 is 0.950 bits per heavy atom. The van der Waals surface area contributed by atoms with Gasteiger partial charge in [0, 0.05) is 11.8 Å². The minimum absolute atomic E-state index is 0.000102. The van der Waals surface area contributed by atoms with Gasteiger partial charge in [-0.2, -0.15) is 0 Å². The van der Waals surface area contributed by atoms with Gasteiger partial charge in [-0.3, -0.25) is 4.98 Å². The molecule has 2 rings (SSSR count). The van der Waals surface area contributed by atoms with Crippen molar-refractivity contribution in [1.29, 1.82) is 0 Å². The number of carboxylic acids is 1. The molecule has 1 aromatic heterocycles. The van der Waals surface area contributed by atoms with Gasteiger partial charge >= 0.3 is 5.97 Å². The maximum Gasteiger partial charge on any atom is 0.337 e. The number of aromatic nitrogens is 1. The molecule has 0 atom stereocenters. The third kappa shape index (κ3) is 2.57. The van der Waals surface area contributed by atoms with Crippen molar-refractivity contribution in [3.8, 4) is 11.3 Å². The number of benzene rings is 1. The summed E-state index contributed by atoms with van der Waals surface area (Å²) in [6, 6.07) is 2.85. The van der Waals surface area contributed by atoms with Crippen molar-refractivity contribution < 1.29 is 9.90 Å². The van der Waals surface area contributed by atoms with Crippen molar-refractivity contribution in [2.75, 3.05) is 0 Å². The first-order valence-corrected chi connectivity index (χ1v) is 6.95. The van der Waals surface area contributed by atoms with E-state index in [9.17, 15) is 9.90 Å². The van der Waals surface area contributed by atoms with Crippen molar-refractivity contribution in [3.63, 3.8) is 0 Å². The quantitative estimate of drug-likeness (QED) is 0.543. The van der Waals surface area contributed by atoms with Gasteiger partial charge in [-0.25, -0.2) is 4.79 Å². The summed E-state index contributed by atoms with van der Waals surface area (Å²) in [4.78, 5) is 15.2. The predicted octanol–water partition coefficient (Wildman–Crippen LogP) is 5.71. The van der Waals surface area contributed by atoms with Crippen LogP contribution in [0.3, 0.4) is 0 Å². The normalized spacial score (nSPS) is 10.7. The molecule has 0 amide bonds. The molecule has 3 nitrogen and oxygen atoms in total. The monoisotopic (exact) mass is 369 g/mol. The molecule has 0 fully saturated rings. The number of carbonyl (C=O) groups is 1. The minimum Gasteiger partial charge on any atom is -0.478 e. The van der Waals surface area contributed by atoms with Gasteiger partial charge in [0.05, 0.1) is 36.4 Å². The number of nitrogens with zero attached hydrogens (tertiary/aromatic N) is 1. The van der Waals surface area contributed by atoms with Crippen LogP contribution in [-0.4, -0.2) is 16.1 Å². The zero-order valence-corrected chi connectivity index (χ0v) is 13.2. The second-order valence-electron chi connectivity index (χ2n) is 3.65. The van der Waals surface area contributed by atoms with Gasteiger partial charge in [0.25, 0.3) is 0 Å². The van der Waals surface area contributed by atoms with Crippen LogP contribution in [0.2, 0.25) is 25.1 Å². The lowest BCUT2D eigenvalue weighted by Gasteiger charge is -2.13. The molecule has 0 bridgehead atoms. The summed E-state index contributed by atoms with van der Waals surface area (Å²) in [6.07, 6.45) is 1.41. The maximum atomic E-state index is 11.2. The standard InChI is InChI=1S/C12H4Cl5NO2/c13-6-5(7(14)9(16)10(17)8(6)15)11-4(12(19)20)2-1-3-18-11/h1-3H,(H,19,20). The van der Waals surface area contributed by atoms with Crippen LogP contribution in [-0.2, 0) is 0 Å². The second kappa shape index (κ2) is 5.96. The van der Waals surface area contributed by atoms with Gasteiger partial charge in [0.1, 0.15) is 0 Å². The molecule has 1 aromatic carbocycles. The lowest BCUT2D eigenvalue weighted by atomic mass is 10.1.